The third-order valence-corrected chi connectivity index (χ3v) is 10.3. The third-order valence-electron chi connectivity index (χ3n) is 8.54. The average molecular weight is 443 g/mol. The van der Waals surface area contributed by atoms with E-state index in [1.165, 1.54) is 6.92 Å². The van der Waals surface area contributed by atoms with E-state index in [0.29, 0.717) is 37.7 Å². The van der Waals surface area contributed by atoms with Crippen LogP contribution in [0.25, 0.3) is 0 Å². The molecule has 1 saturated heterocycles. The van der Waals surface area contributed by atoms with Gasteiger partial charge in [0.1, 0.15) is 6.10 Å². The third kappa shape index (κ3) is 2.88. The van der Waals surface area contributed by atoms with Gasteiger partial charge in [-0.25, -0.2) is 0 Å². The van der Waals surface area contributed by atoms with E-state index in [1.807, 2.05) is 0 Å². The Morgan fingerprint density at radius 2 is 2.00 bits per heavy atom. The summed E-state index contributed by atoms with van der Waals surface area (Å²) in [5.74, 6) is 0.742. The lowest BCUT2D eigenvalue weighted by atomic mass is 9.43. The number of hydrogen-bond donors (Lipinski definition) is 1. The van der Waals surface area contributed by atoms with Crippen LogP contribution < -0.4 is 0 Å². The summed E-state index contributed by atoms with van der Waals surface area (Å²) in [5.41, 5.74) is -0.0406. The van der Waals surface area contributed by atoms with Crippen molar-refractivity contribution in [3.05, 3.63) is 0 Å². The Morgan fingerprint density at radius 3 is 2.70 bits per heavy atom. The fraction of sp³-hybridized carbons (Fsp3) is 0.905. The molecule has 3 saturated carbocycles. The normalized spacial score (nSPS) is 52.0. The Bertz CT molecular complexity index is 652. The molecule has 152 valence electrons. The van der Waals surface area contributed by atoms with E-state index >= 15 is 0 Å². The van der Waals surface area contributed by atoms with E-state index in [-0.39, 0.29) is 34.8 Å². The van der Waals surface area contributed by atoms with Crippen LogP contribution in [0.15, 0.2) is 0 Å². The zero-order valence-electron chi connectivity index (χ0n) is 16.5. The lowest BCUT2D eigenvalue weighted by Crippen LogP contribution is -2.66. The van der Waals surface area contributed by atoms with Gasteiger partial charge in [0.2, 0.25) is 0 Å². The standard InChI is InChI=1S/C21H31BrO5/c1-12(23)27-13-4-7-20(3)15-5-6-19(2)11-26-18(25)9-16(19)14(15)8-17(24)21(20,22)10-13/h13-17,24H,4-11H2,1-3H3/t13-,14+,15-,16-,17+,19+,20+,21-/m0/s1. The molecule has 8 atom stereocenters. The largest absolute Gasteiger partial charge is 0.465 e. The molecule has 0 aromatic heterocycles. The first-order valence-electron chi connectivity index (χ1n) is 10.3. The van der Waals surface area contributed by atoms with Crippen molar-refractivity contribution < 1.29 is 24.2 Å². The monoisotopic (exact) mass is 442 g/mol. The summed E-state index contributed by atoms with van der Waals surface area (Å²) in [7, 11) is 0. The summed E-state index contributed by atoms with van der Waals surface area (Å²) in [6, 6.07) is 0. The minimum Gasteiger partial charge on any atom is -0.465 e. The van der Waals surface area contributed by atoms with Gasteiger partial charge in [-0.3, -0.25) is 9.59 Å². The number of alkyl halides is 1. The SMILES string of the molecule is CC(=O)O[C@H]1CC[C@]2(C)[C@H]3CC[C@]4(C)COC(=O)C[C@H]4[C@@H]3C[C@@H](O)[C@@]2(Br)C1. The van der Waals surface area contributed by atoms with Crippen molar-refractivity contribution in [1.82, 2.24) is 0 Å². The molecule has 1 aliphatic heterocycles. The Labute approximate surface area is 169 Å². The molecule has 27 heavy (non-hydrogen) atoms. The highest BCUT2D eigenvalue weighted by Gasteiger charge is 2.66. The summed E-state index contributed by atoms with van der Waals surface area (Å²) in [5, 5.41) is 11.3. The van der Waals surface area contributed by atoms with Crippen LogP contribution in [-0.2, 0) is 19.1 Å². The van der Waals surface area contributed by atoms with Gasteiger partial charge in [-0.1, -0.05) is 29.8 Å². The summed E-state index contributed by atoms with van der Waals surface area (Å²) in [6.45, 7) is 6.52. The molecule has 0 radical (unpaired) electrons. The highest BCUT2D eigenvalue weighted by atomic mass is 79.9. The molecule has 4 aliphatic rings. The smallest absolute Gasteiger partial charge is 0.306 e. The number of hydrogen-bond acceptors (Lipinski definition) is 5. The van der Waals surface area contributed by atoms with Crippen molar-refractivity contribution in [1.29, 1.82) is 0 Å². The number of cyclic esters (lactones) is 1. The first kappa shape index (κ1) is 19.7. The maximum Gasteiger partial charge on any atom is 0.306 e. The van der Waals surface area contributed by atoms with E-state index in [2.05, 4.69) is 29.8 Å². The summed E-state index contributed by atoms with van der Waals surface area (Å²) < 4.78 is 10.5. The van der Waals surface area contributed by atoms with Crippen molar-refractivity contribution in [2.24, 2.45) is 28.6 Å². The van der Waals surface area contributed by atoms with Crippen LogP contribution in [0.2, 0.25) is 0 Å². The molecule has 1 N–H and O–H groups in total. The molecule has 0 bridgehead atoms. The molecule has 4 fully saturated rings. The van der Waals surface area contributed by atoms with Gasteiger partial charge in [-0.05, 0) is 55.3 Å². The molecule has 4 rings (SSSR count). The van der Waals surface area contributed by atoms with Crippen molar-refractivity contribution in [3.8, 4) is 0 Å². The second-order valence-corrected chi connectivity index (χ2v) is 11.4. The fourth-order valence-corrected chi connectivity index (χ4v) is 8.03. The number of esters is 2. The van der Waals surface area contributed by atoms with E-state index in [0.717, 1.165) is 25.7 Å². The van der Waals surface area contributed by atoms with Gasteiger partial charge in [0.15, 0.2) is 0 Å². The van der Waals surface area contributed by atoms with E-state index < -0.39 is 10.4 Å². The number of carbonyl (C=O) groups excluding carboxylic acids is 2. The fourth-order valence-electron chi connectivity index (χ4n) is 6.99. The van der Waals surface area contributed by atoms with Crippen molar-refractivity contribution in [3.63, 3.8) is 0 Å². The minimum atomic E-state index is -0.512. The van der Waals surface area contributed by atoms with Crippen LogP contribution in [0.4, 0.5) is 0 Å². The Hall–Kier alpha value is -0.620. The molecular formula is C21H31BrO5. The van der Waals surface area contributed by atoms with E-state index in [1.54, 1.807) is 0 Å². The molecule has 5 nitrogen and oxygen atoms in total. The molecule has 1 heterocycles. The number of carbonyl (C=O) groups is 2. The zero-order chi connectivity index (χ0) is 19.6. The number of rotatable bonds is 1. The highest BCUT2D eigenvalue weighted by Crippen LogP contribution is 2.67. The topological polar surface area (TPSA) is 72.8 Å². The van der Waals surface area contributed by atoms with E-state index in [4.69, 9.17) is 9.47 Å². The lowest BCUT2D eigenvalue weighted by Gasteiger charge is -2.66. The second kappa shape index (κ2) is 6.45. The predicted octanol–water partition coefficient (Wildman–Crippen LogP) is 3.60. The number of aliphatic hydroxyl groups excluding tert-OH is 1. The summed E-state index contributed by atoms with van der Waals surface area (Å²) in [4.78, 5) is 23.5. The molecule has 0 unspecified atom stereocenters. The van der Waals surface area contributed by atoms with Crippen LogP contribution in [-0.4, -0.2) is 40.2 Å². The van der Waals surface area contributed by atoms with Gasteiger partial charge >= 0.3 is 11.9 Å². The van der Waals surface area contributed by atoms with Gasteiger partial charge in [0.05, 0.1) is 17.0 Å². The maximum absolute atomic E-state index is 12.0. The minimum absolute atomic E-state index is 0.0341. The Kier molecular flexibility index (Phi) is 4.70. The molecular weight excluding hydrogens is 412 g/mol. The first-order valence-corrected chi connectivity index (χ1v) is 11.1. The van der Waals surface area contributed by atoms with E-state index in [9.17, 15) is 14.7 Å². The number of fused-ring (bicyclic) bond motifs is 5. The van der Waals surface area contributed by atoms with Crippen LogP contribution in [0.1, 0.15) is 65.7 Å². The average Bonchev–Trinajstić information content (AvgIpc) is 2.58. The highest BCUT2D eigenvalue weighted by molar-refractivity contribution is 9.10. The van der Waals surface area contributed by atoms with Crippen molar-refractivity contribution in [2.75, 3.05) is 6.61 Å². The number of halogens is 1. The molecule has 0 aromatic carbocycles. The van der Waals surface area contributed by atoms with Gasteiger partial charge in [0, 0.05) is 25.2 Å². The number of ether oxygens (including phenoxy) is 2. The van der Waals surface area contributed by atoms with Crippen molar-refractivity contribution >= 4 is 27.9 Å². The lowest BCUT2D eigenvalue weighted by molar-refractivity contribution is -0.193. The Morgan fingerprint density at radius 1 is 1.26 bits per heavy atom. The van der Waals surface area contributed by atoms with Crippen LogP contribution in [0, 0.1) is 28.6 Å². The zero-order valence-corrected chi connectivity index (χ0v) is 18.1. The van der Waals surface area contributed by atoms with Crippen LogP contribution in [0.5, 0.6) is 0 Å². The summed E-state index contributed by atoms with van der Waals surface area (Å²) in [6.07, 6.45) is 5.10. The summed E-state index contributed by atoms with van der Waals surface area (Å²) >= 11 is 3.97. The molecule has 0 aromatic rings. The molecule has 0 amide bonds. The van der Waals surface area contributed by atoms with Gasteiger partial charge in [0.25, 0.3) is 0 Å². The van der Waals surface area contributed by atoms with Crippen molar-refractivity contribution in [2.45, 2.75) is 82.2 Å². The molecule has 0 spiro atoms. The van der Waals surface area contributed by atoms with Gasteiger partial charge < -0.3 is 14.6 Å². The predicted molar refractivity (Wildman–Crippen MR) is 103 cm³/mol. The first-order chi connectivity index (χ1) is 12.6. The van der Waals surface area contributed by atoms with Crippen LogP contribution in [0.3, 0.4) is 0 Å². The van der Waals surface area contributed by atoms with Crippen LogP contribution >= 0.6 is 15.9 Å². The second-order valence-electron chi connectivity index (χ2n) is 9.94. The quantitative estimate of drug-likeness (QED) is 0.495. The Balaban J connectivity index is 1.64. The van der Waals surface area contributed by atoms with Gasteiger partial charge in [-0.15, -0.1) is 0 Å². The maximum atomic E-state index is 12.0. The van der Waals surface area contributed by atoms with Gasteiger partial charge in [-0.2, -0.15) is 0 Å². The molecule has 3 aliphatic carbocycles. The molecule has 6 heteroatoms. The number of aliphatic hydroxyl groups is 1.